The SMILES string of the molecule is COC(=S)NCC1CN(c2ccc(-c3ccncc3)cc2)C(=O)O1. The fourth-order valence-electron chi connectivity index (χ4n) is 2.49. The Labute approximate surface area is 145 Å². The van der Waals surface area contributed by atoms with Gasteiger partial charge < -0.3 is 14.8 Å². The summed E-state index contributed by atoms with van der Waals surface area (Å²) in [6.45, 7) is 0.886. The van der Waals surface area contributed by atoms with Crippen LogP contribution in [0.15, 0.2) is 48.8 Å². The van der Waals surface area contributed by atoms with Crippen molar-refractivity contribution in [1.29, 1.82) is 0 Å². The van der Waals surface area contributed by atoms with E-state index in [-0.39, 0.29) is 17.4 Å². The van der Waals surface area contributed by atoms with E-state index in [0.717, 1.165) is 16.8 Å². The van der Waals surface area contributed by atoms with Crippen LogP contribution in [-0.4, -0.2) is 42.6 Å². The normalized spacial score (nSPS) is 16.6. The molecule has 0 saturated carbocycles. The van der Waals surface area contributed by atoms with Gasteiger partial charge in [0.25, 0.3) is 5.17 Å². The molecule has 1 fully saturated rings. The van der Waals surface area contributed by atoms with Crippen LogP contribution in [0.4, 0.5) is 10.5 Å². The Bertz CT molecular complexity index is 722. The molecule has 0 aliphatic carbocycles. The van der Waals surface area contributed by atoms with Crippen LogP contribution in [0.2, 0.25) is 0 Å². The van der Waals surface area contributed by atoms with Gasteiger partial charge in [-0.2, -0.15) is 0 Å². The number of rotatable bonds is 4. The van der Waals surface area contributed by atoms with Gasteiger partial charge in [-0.05, 0) is 47.6 Å². The van der Waals surface area contributed by atoms with Gasteiger partial charge in [-0.25, -0.2) is 4.79 Å². The molecule has 24 heavy (non-hydrogen) atoms. The lowest BCUT2D eigenvalue weighted by Gasteiger charge is -2.14. The van der Waals surface area contributed by atoms with Crippen LogP contribution in [0, 0.1) is 0 Å². The van der Waals surface area contributed by atoms with Crippen molar-refractivity contribution in [3.8, 4) is 11.1 Å². The van der Waals surface area contributed by atoms with Gasteiger partial charge in [0.05, 0.1) is 20.2 Å². The van der Waals surface area contributed by atoms with E-state index in [2.05, 4.69) is 10.3 Å². The molecule has 0 bridgehead atoms. The molecular formula is C17H17N3O3S. The molecule has 1 aliphatic heterocycles. The average Bonchev–Trinajstić information content (AvgIpc) is 3.01. The highest BCUT2D eigenvalue weighted by molar-refractivity contribution is 7.80. The van der Waals surface area contributed by atoms with Crippen molar-refractivity contribution < 1.29 is 14.3 Å². The minimum Gasteiger partial charge on any atom is -0.474 e. The Morgan fingerprint density at radius 1 is 1.29 bits per heavy atom. The van der Waals surface area contributed by atoms with E-state index < -0.39 is 0 Å². The van der Waals surface area contributed by atoms with Gasteiger partial charge in [-0.15, -0.1) is 0 Å². The van der Waals surface area contributed by atoms with Crippen molar-refractivity contribution in [3.63, 3.8) is 0 Å². The largest absolute Gasteiger partial charge is 0.474 e. The van der Waals surface area contributed by atoms with E-state index in [1.165, 1.54) is 7.11 Å². The van der Waals surface area contributed by atoms with Crippen LogP contribution in [0.1, 0.15) is 0 Å². The summed E-state index contributed by atoms with van der Waals surface area (Å²) in [5.74, 6) is 0. The number of anilines is 1. The van der Waals surface area contributed by atoms with Crippen molar-refractivity contribution in [1.82, 2.24) is 10.3 Å². The third-order valence-corrected chi connectivity index (χ3v) is 4.04. The van der Waals surface area contributed by atoms with Gasteiger partial charge in [0.1, 0.15) is 6.10 Å². The Morgan fingerprint density at radius 2 is 1.96 bits per heavy atom. The molecular weight excluding hydrogens is 326 g/mol. The number of aromatic nitrogens is 1. The van der Waals surface area contributed by atoms with E-state index in [4.69, 9.17) is 21.7 Å². The maximum Gasteiger partial charge on any atom is 0.414 e. The first-order valence-electron chi connectivity index (χ1n) is 7.48. The van der Waals surface area contributed by atoms with Gasteiger partial charge in [-0.3, -0.25) is 9.88 Å². The molecule has 2 heterocycles. The summed E-state index contributed by atoms with van der Waals surface area (Å²) >= 11 is 4.91. The summed E-state index contributed by atoms with van der Waals surface area (Å²) < 4.78 is 10.2. The highest BCUT2D eigenvalue weighted by Crippen LogP contribution is 2.25. The van der Waals surface area contributed by atoms with E-state index in [1.807, 2.05) is 36.4 Å². The van der Waals surface area contributed by atoms with Crippen LogP contribution >= 0.6 is 12.2 Å². The highest BCUT2D eigenvalue weighted by Gasteiger charge is 2.32. The minimum absolute atomic E-state index is 0.273. The van der Waals surface area contributed by atoms with Gasteiger partial charge in [0, 0.05) is 18.1 Å². The number of cyclic esters (lactones) is 1. The van der Waals surface area contributed by atoms with Gasteiger partial charge in [0.2, 0.25) is 0 Å². The number of pyridine rings is 1. The molecule has 1 N–H and O–H groups in total. The second kappa shape index (κ2) is 7.27. The predicted octanol–water partition coefficient (Wildman–Crippen LogP) is 2.59. The monoisotopic (exact) mass is 343 g/mol. The van der Waals surface area contributed by atoms with E-state index >= 15 is 0 Å². The summed E-state index contributed by atoms with van der Waals surface area (Å²) in [7, 11) is 1.49. The number of methoxy groups -OCH3 is 1. The van der Waals surface area contributed by atoms with Gasteiger partial charge in [-0.1, -0.05) is 12.1 Å². The number of carbonyl (C=O) groups excluding carboxylic acids is 1. The van der Waals surface area contributed by atoms with Crippen molar-refractivity contribution in [2.24, 2.45) is 0 Å². The van der Waals surface area contributed by atoms with Crippen LogP contribution < -0.4 is 10.2 Å². The number of ether oxygens (including phenoxy) is 2. The molecule has 7 heteroatoms. The van der Waals surface area contributed by atoms with Crippen LogP contribution in [0.3, 0.4) is 0 Å². The molecule has 124 valence electrons. The fraction of sp³-hybridized carbons (Fsp3) is 0.235. The zero-order valence-corrected chi connectivity index (χ0v) is 14.0. The summed E-state index contributed by atoms with van der Waals surface area (Å²) in [5.41, 5.74) is 2.95. The first-order valence-corrected chi connectivity index (χ1v) is 7.88. The standard InChI is InChI=1S/C17H17N3O3S/c1-22-16(24)19-10-15-11-20(17(21)23-15)14-4-2-12(3-5-14)13-6-8-18-9-7-13/h2-9,15H,10-11H2,1H3,(H,19,24). The van der Waals surface area contributed by atoms with Crippen molar-refractivity contribution in [2.75, 3.05) is 25.1 Å². The third-order valence-electron chi connectivity index (χ3n) is 3.73. The van der Waals surface area contributed by atoms with Crippen molar-refractivity contribution >= 4 is 29.2 Å². The maximum atomic E-state index is 12.1. The smallest absolute Gasteiger partial charge is 0.414 e. The number of amides is 1. The van der Waals surface area contributed by atoms with Crippen molar-refractivity contribution in [3.05, 3.63) is 48.8 Å². The number of nitrogens with one attached hydrogen (secondary N) is 1. The molecule has 3 rings (SSSR count). The van der Waals surface area contributed by atoms with E-state index in [1.54, 1.807) is 17.3 Å². The number of benzene rings is 1. The molecule has 0 radical (unpaired) electrons. The Balaban J connectivity index is 1.66. The second-order valence-corrected chi connectivity index (χ2v) is 5.64. The predicted molar refractivity (Wildman–Crippen MR) is 94.9 cm³/mol. The molecule has 6 nitrogen and oxygen atoms in total. The van der Waals surface area contributed by atoms with Crippen LogP contribution in [-0.2, 0) is 9.47 Å². The summed E-state index contributed by atoms with van der Waals surface area (Å²) in [4.78, 5) is 17.7. The zero-order valence-electron chi connectivity index (χ0n) is 13.1. The van der Waals surface area contributed by atoms with Gasteiger partial charge in [0.15, 0.2) is 0 Å². The number of thiocarbonyl (C=S) groups is 1. The molecule has 1 aromatic carbocycles. The minimum atomic E-state index is -0.359. The number of nitrogens with zero attached hydrogens (tertiary/aromatic N) is 2. The quantitative estimate of drug-likeness (QED) is 0.861. The molecule has 0 spiro atoms. The van der Waals surface area contributed by atoms with Crippen LogP contribution in [0.25, 0.3) is 11.1 Å². The zero-order chi connectivity index (χ0) is 16.9. The Kier molecular flexibility index (Phi) is 4.90. The van der Waals surface area contributed by atoms with E-state index in [9.17, 15) is 4.79 Å². The van der Waals surface area contributed by atoms with Gasteiger partial charge >= 0.3 is 6.09 Å². The first-order chi connectivity index (χ1) is 11.7. The first kappa shape index (κ1) is 16.2. The number of hydrogen-bond acceptors (Lipinski definition) is 5. The molecule has 1 unspecified atom stereocenters. The summed E-state index contributed by atoms with van der Waals surface area (Å²) in [6, 6.07) is 11.7. The lowest BCUT2D eigenvalue weighted by molar-refractivity contribution is 0.142. The third kappa shape index (κ3) is 3.62. The van der Waals surface area contributed by atoms with Crippen molar-refractivity contribution in [2.45, 2.75) is 6.10 Å². The lowest BCUT2D eigenvalue weighted by Crippen LogP contribution is -2.34. The molecule has 2 aromatic rings. The van der Waals surface area contributed by atoms with E-state index in [0.29, 0.717) is 13.1 Å². The maximum absolute atomic E-state index is 12.1. The molecule has 1 aliphatic rings. The Morgan fingerprint density at radius 3 is 2.62 bits per heavy atom. The molecule has 1 amide bonds. The topological polar surface area (TPSA) is 63.7 Å². The average molecular weight is 343 g/mol. The highest BCUT2D eigenvalue weighted by atomic mass is 32.1. The number of carbonyl (C=O) groups is 1. The molecule has 1 atom stereocenters. The second-order valence-electron chi connectivity index (χ2n) is 5.27. The molecule has 1 aromatic heterocycles. The summed E-state index contributed by atoms with van der Waals surface area (Å²) in [5, 5.41) is 3.18. The fourth-order valence-corrected chi connectivity index (χ4v) is 2.57. The Hall–Kier alpha value is -2.67. The van der Waals surface area contributed by atoms with Crippen LogP contribution in [0.5, 0.6) is 0 Å². The lowest BCUT2D eigenvalue weighted by atomic mass is 10.1. The summed E-state index contributed by atoms with van der Waals surface area (Å²) in [6.07, 6.45) is 2.87. The number of hydrogen-bond donors (Lipinski definition) is 1. The molecule has 1 saturated heterocycles.